The zero-order valence-electron chi connectivity index (χ0n) is 9.59. The smallest absolute Gasteiger partial charge is 0.0593 e. The molecule has 0 aromatic heterocycles. The molecule has 1 aliphatic rings. The lowest BCUT2D eigenvalue weighted by Crippen LogP contribution is -2.27. The minimum atomic E-state index is 0.830. The fraction of sp³-hybridized carbons (Fsp3) is 1.00. The second kappa shape index (κ2) is 7.21. The molecule has 1 rings (SSSR count). The highest BCUT2D eigenvalue weighted by Crippen LogP contribution is 2.18. The largest absolute Gasteiger partial charge is 0.380 e. The monoisotopic (exact) mass is 200 g/mol. The van der Waals surface area contributed by atoms with E-state index in [0.29, 0.717) is 0 Å². The van der Waals surface area contributed by atoms with Crippen molar-refractivity contribution in [1.82, 2.24) is 10.2 Å². The summed E-state index contributed by atoms with van der Waals surface area (Å²) in [4.78, 5) is 2.34. The molecule has 14 heavy (non-hydrogen) atoms. The third kappa shape index (κ3) is 6.35. The molecule has 1 saturated carbocycles. The van der Waals surface area contributed by atoms with E-state index in [1.807, 2.05) is 6.92 Å². The molecule has 0 aliphatic heterocycles. The Balaban J connectivity index is 1.78. The average Bonchev–Trinajstić information content (AvgIpc) is 2.97. The van der Waals surface area contributed by atoms with Crippen LogP contribution in [0.1, 0.15) is 26.2 Å². The van der Waals surface area contributed by atoms with E-state index in [9.17, 15) is 0 Å². The summed E-state index contributed by atoms with van der Waals surface area (Å²) in [7, 11) is 2.16. The van der Waals surface area contributed by atoms with Gasteiger partial charge in [0.1, 0.15) is 0 Å². The van der Waals surface area contributed by atoms with Gasteiger partial charge >= 0.3 is 0 Å². The molecule has 0 radical (unpaired) electrons. The molecule has 0 amide bonds. The number of ether oxygens (including phenoxy) is 1. The molecule has 0 atom stereocenters. The Kier molecular flexibility index (Phi) is 6.15. The molecule has 0 unspecified atom stereocenters. The number of likely N-dealkylation sites (N-methyl/N-ethyl adjacent to an activating group) is 1. The second-order valence-electron chi connectivity index (χ2n) is 4.08. The van der Waals surface area contributed by atoms with Gasteiger partial charge in [0, 0.05) is 19.2 Å². The third-order valence-electron chi connectivity index (χ3n) is 2.55. The highest BCUT2D eigenvalue weighted by Gasteiger charge is 2.19. The van der Waals surface area contributed by atoms with Crippen molar-refractivity contribution in [2.45, 2.75) is 32.2 Å². The predicted molar refractivity (Wildman–Crippen MR) is 59.6 cm³/mol. The Morgan fingerprint density at radius 2 is 2.14 bits per heavy atom. The first-order valence-electron chi connectivity index (χ1n) is 5.82. The van der Waals surface area contributed by atoms with E-state index < -0.39 is 0 Å². The first kappa shape index (κ1) is 12.0. The average molecular weight is 200 g/mol. The number of rotatable bonds is 9. The van der Waals surface area contributed by atoms with E-state index in [4.69, 9.17) is 4.74 Å². The lowest BCUT2D eigenvalue weighted by Gasteiger charge is -2.16. The van der Waals surface area contributed by atoms with Crippen LogP contribution >= 0.6 is 0 Å². The van der Waals surface area contributed by atoms with Gasteiger partial charge in [-0.25, -0.2) is 0 Å². The van der Waals surface area contributed by atoms with E-state index in [1.165, 1.54) is 32.4 Å². The van der Waals surface area contributed by atoms with Crippen molar-refractivity contribution in [3.63, 3.8) is 0 Å². The highest BCUT2D eigenvalue weighted by atomic mass is 16.5. The van der Waals surface area contributed by atoms with E-state index in [-0.39, 0.29) is 0 Å². The first-order chi connectivity index (χ1) is 6.83. The fourth-order valence-corrected chi connectivity index (χ4v) is 1.42. The van der Waals surface area contributed by atoms with E-state index in [2.05, 4.69) is 17.3 Å². The Hall–Kier alpha value is -0.120. The topological polar surface area (TPSA) is 24.5 Å². The van der Waals surface area contributed by atoms with Crippen molar-refractivity contribution >= 4 is 0 Å². The maximum absolute atomic E-state index is 5.30. The number of nitrogens with zero attached hydrogens (tertiary/aromatic N) is 1. The van der Waals surface area contributed by atoms with Crippen LogP contribution in [0.15, 0.2) is 0 Å². The molecule has 3 nitrogen and oxygen atoms in total. The van der Waals surface area contributed by atoms with Gasteiger partial charge in [0.2, 0.25) is 0 Å². The summed E-state index contributed by atoms with van der Waals surface area (Å²) in [5, 5.41) is 3.52. The molecular formula is C11H24N2O. The van der Waals surface area contributed by atoms with Crippen LogP contribution in [0.4, 0.5) is 0 Å². The number of nitrogens with one attached hydrogen (secondary N) is 1. The summed E-state index contributed by atoms with van der Waals surface area (Å²) >= 11 is 0. The summed E-state index contributed by atoms with van der Waals surface area (Å²) in [5.41, 5.74) is 0. The third-order valence-corrected chi connectivity index (χ3v) is 2.55. The molecule has 0 aromatic carbocycles. The van der Waals surface area contributed by atoms with Crippen LogP contribution in [0.5, 0.6) is 0 Å². The van der Waals surface area contributed by atoms with E-state index >= 15 is 0 Å². The maximum atomic E-state index is 5.30. The summed E-state index contributed by atoms with van der Waals surface area (Å²) in [5.74, 6) is 0. The van der Waals surface area contributed by atoms with Gasteiger partial charge in [0.25, 0.3) is 0 Å². The quantitative estimate of drug-likeness (QED) is 0.564. The summed E-state index contributed by atoms with van der Waals surface area (Å²) in [6.07, 6.45) is 4.03. The van der Waals surface area contributed by atoms with Gasteiger partial charge in [-0.05, 0) is 46.3 Å². The van der Waals surface area contributed by atoms with Gasteiger partial charge in [0.05, 0.1) is 6.61 Å². The standard InChI is InChI=1S/C11H24N2O/c1-3-14-10-9-13(2)8-4-7-12-11-5-6-11/h11-12H,3-10H2,1-2H3. The first-order valence-corrected chi connectivity index (χ1v) is 5.82. The summed E-state index contributed by atoms with van der Waals surface area (Å²) in [6.45, 7) is 7.13. The molecule has 1 aliphatic carbocycles. The fourth-order valence-electron chi connectivity index (χ4n) is 1.42. The molecule has 1 fully saturated rings. The van der Waals surface area contributed by atoms with Crippen molar-refractivity contribution < 1.29 is 4.74 Å². The zero-order chi connectivity index (χ0) is 10.2. The molecule has 0 bridgehead atoms. The minimum absolute atomic E-state index is 0.830. The molecule has 84 valence electrons. The Labute approximate surface area is 87.8 Å². The van der Waals surface area contributed by atoms with E-state index in [0.717, 1.165) is 25.8 Å². The SMILES string of the molecule is CCOCCN(C)CCCNC1CC1. The molecule has 0 heterocycles. The molecule has 0 spiro atoms. The van der Waals surface area contributed by atoms with Crippen LogP contribution in [0, 0.1) is 0 Å². The van der Waals surface area contributed by atoms with Crippen LogP contribution in [-0.2, 0) is 4.74 Å². The summed E-state index contributed by atoms with van der Waals surface area (Å²) in [6, 6.07) is 0.851. The number of hydrogen-bond acceptors (Lipinski definition) is 3. The van der Waals surface area contributed by atoms with E-state index in [1.54, 1.807) is 0 Å². The molecule has 0 aromatic rings. The van der Waals surface area contributed by atoms with Crippen molar-refractivity contribution in [1.29, 1.82) is 0 Å². The summed E-state index contributed by atoms with van der Waals surface area (Å²) < 4.78 is 5.30. The highest BCUT2D eigenvalue weighted by molar-refractivity contribution is 4.80. The van der Waals surface area contributed by atoms with Crippen molar-refractivity contribution in [3.05, 3.63) is 0 Å². The lowest BCUT2D eigenvalue weighted by atomic mass is 10.4. The zero-order valence-corrected chi connectivity index (χ0v) is 9.59. The lowest BCUT2D eigenvalue weighted by molar-refractivity contribution is 0.122. The van der Waals surface area contributed by atoms with Crippen LogP contribution in [0.25, 0.3) is 0 Å². The van der Waals surface area contributed by atoms with Gasteiger partial charge in [-0.15, -0.1) is 0 Å². The molecule has 3 heteroatoms. The molecule has 0 saturated heterocycles. The van der Waals surface area contributed by atoms with Gasteiger partial charge in [0.15, 0.2) is 0 Å². The van der Waals surface area contributed by atoms with Gasteiger partial charge in [-0.1, -0.05) is 0 Å². The Bertz CT molecular complexity index is 137. The van der Waals surface area contributed by atoms with Crippen molar-refractivity contribution in [3.8, 4) is 0 Å². The molecular weight excluding hydrogens is 176 g/mol. The second-order valence-corrected chi connectivity index (χ2v) is 4.08. The number of hydrogen-bond donors (Lipinski definition) is 1. The van der Waals surface area contributed by atoms with Gasteiger partial charge in [-0.3, -0.25) is 0 Å². The van der Waals surface area contributed by atoms with Gasteiger partial charge < -0.3 is 15.0 Å². The predicted octanol–water partition coefficient (Wildman–Crippen LogP) is 1.10. The van der Waals surface area contributed by atoms with Crippen LogP contribution < -0.4 is 5.32 Å². The van der Waals surface area contributed by atoms with Crippen molar-refractivity contribution in [2.24, 2.45) is 0 Å². The van der Waals surface area contributed by atoms with Crippen LogP contribution in [0.2, 0.25) is 0 Å². The molecule has 1 N–H and O–H groups in total. The maximum Gasteiger partial charge on any atom is 0.0593 e. The van der Waals surface area contributed by atoms with Gasteiger partial charge in [-0.2, -0.15) is 0 Å². The minimum Gasteiger partial charge on any atom is -0.380 e. The Morgan fingerprint density at radius 3 is 2.79 bits per heavy atom. The normalized spacial score (nSPS) is 16.5. The van der Waals surface area contributed by atoms with Crippen LogP contribution in [0.3, 0.4) is 0 Å². The van der Waals surface area contributed by atoms with Crippen LogP contribution in [-0.4, -0.2) is 50.8 Å². The van der Waals surface area contributed by atoms with Crippen molar-refractivity contribution in [2.75, 3.05) is 39.9 Å². The Morgan fingerprint density at radius 1 is 1.36 bits per heavy atom.